The first-order chi connectivity index (χ1) is 10.2. The van der Waals surface area contributed by atoms with Crippen molar-refractivity contribution in [2.45, 2.75) is 33.6 Å². The first kappa shape index (κ1) is 14.8. The molecule has 1 heterocycles. The van der Waals surface area contributed by atoms with E-state index in [0.717, 1.165) is 4.90 Å². The van der Waals surface area contributed by atoms with Crippen LogP contribution in [0.5, 0.6) is 0 Å². The van der Waals surface area contributed by atoms with Crippen molar-refractivity contribution in [2.24, 2.45) is 16.7 Å². The standard InChI is InChI=1S/C17H19NO4/c1-16(2)12-7-8-17(16,3)15(22)18(13(12)19)11-6-4-5-10(9-11)14(20)21/h4-6,9,12H,7-8H2,1-3H3,(H,20,21)/p-1/t12-,17-/m1/s1. The van der Waals surface area contributed by atoms with Crippen molar-refractivity contribution in [2.75, 3.05) is 4.90 Å². The van der Waals surface area contributed by atoms with E-state index in [0.29, 0.717) is 18.5 Å². The molecule has 2 atom stereocenters. The van der Waals surface area contributed by atoms with Gasteiger partial charge in [-0.3, -0.25) is 9.59 Å². The van der Waals surface area contributed by atoms with Crippen LogP contribution < -0.4 is 10.0 Å². The maximum absolute atomic E-state index is 13.0. The summed E-state index contributed by atoms with van der Waals surface area (Å²) in [5.74, 6) is -2.03. The Kier molecular flexibility index (Phi) is 2.96. The molecule has 1 saturated heterocycles. The smallest absolute Gasteiger partial charge is 0.240 e. The molecule has 0 unspecified atom stereocenters. The number of benzene rings is 1. The molecular weight excluding hydrogens is 282 g/mol. The van der Waals surface area contributed by atoms with Crippen LogP contribution in [0.3, 0.4) is 0 Å². The summed E-state index contributed by atoms with van der Waals surface area (Å²) < 4.78 is 0. The van der Waals surface area contributed by atoms with E-state index in [-0.39, 0.29) is 28.7 Å². The Labute approximate surface area is 128 Å². The predicted octanol–water partition coefficient (Wildman–Crippen LogP) is 1.37. The Balaban J connectivity index is 2.10. The summed E-state index contributed by atoms with van der Waals surface area (Å²) in [4.78, 5) is 37.9. The minimum Gasteiger partial charge on any atom is -0.545 e. The van der Waals surface area contributed by atoms with Crippen molar-refractivity contribution in [3.8, 4) is 0 Å². The molecule has 2 bridgehead atoms. The van der Waals surface area contributed by atoms with Gasteiger partial charge < -0.3 is 9.90 Å². The molecule has 1 aromatic carbocycles. The molecule has 0 radical (unpaired) electrons. The van der Waals surface area contributed by atoms with E-state index < -0.39 is 11.4 Å². The molecule has 1 aliphatic heterocycles. The van der Waals surface area contributed by atoms with Crippen LogP contribution in [0.15, 0.2) is 24.3 Å². The van der Waals surface area contributed by atoms with Gasteiger partial charge in [0.25, 0.3) is 0 Å². The number of carboxylic acids is 1. The molecule has 116 valence electrons. The quantitative estimate of drug-likeness (QED) is 0.773. The fraction of sp³-hybridized carbons (Fsp3) is 0.471. The van der Waals surface area contributed by atoms with E-state index in [1.54, 1.807) is 6.07 Å². The Morgan fingerprint density at radius 3 is 2.59 bits per heavy atom. The summed E-state index contributed by atoms with van der Waals surface area (Å²) in [6.45, 7) is 5.84. The number of amides is 2. The van der Waals surface area contributed by atoms with Crippen LogP contribution in [0.2, 0.25) is 0 Å². The first-order valence-corrected chi connectivity index (χ1v) is 7.40. The number of hydrogen-bond acceptors (Lipinski definition) is 4. The van der Waals surface area contributed by atoms with Gasteiger partial charge in [0.2, 0.25) is 11.8 Å². The van der Waals surface area contributed by atoms with E-state index in [2.05, 4.69) is 0 Å². The average Bonchev–Trinajstić information content (AvgIpc) is 2.63. The molecule has 1 aliphatic carbocycles. The van der Waals surface area contributed by atoms with Crippen LogP contribution in [0.4, 0.5) is 5.69 Å². The van der Waals surface area contributed by atoms with Crippen molar-refractivity contribution in [3.63, 3.8) is 0 Å². The number of imide groups is 1. The molecule has 0 spiro atoms. The second kappa shape index (κ2) is 4.41. The van der Waals surface area contributed by atoms with E-state index in [9.17, 15) is 19.5 Å². The molecule has 5 heteroatoms. The molecule has 0 aromatic heterocycles. The lowest BCUT2D eigenvalue weighted by atomic mass is 9.62. The fourth-order valence-electron chi connectivity index (χ4n) is 3.83. The van der Waals surface area contributed by atoms with Crippen LogP contribution in [-0.4, -0.2) is 17.8 Å². The van der Waals surface area contributed by atoms with Crippen molar-refractivity contribution in [3.05, 3.63) is 29.8 Å². The van der Waals surface area contributed by atoms with Crippen LogP contribution in [0, 0.1) is 16.7 Å². The van der Waals surface area contributed by atoms with Crippen molar-refractivity contribution < 1.29 is 19.5 Å². The Hall–Kier alpha value is -2.17. The van der Waals surface area contributed by atoms with E-state index in [4.69, 9.17) is 0 Å². The summed E-state index contributed by atoms with van der Waals surface area (Å²) in [5, 5.41) is 11.0. The monoisotopic (exact) mass is 300 g/mol. The fourth-order valence-corrected chi connectivity index (χ4v) is 3.83. The number of anilines is 1. The molecule has 2 fully saturated rings. The van der Waals surface area contributed by atoms with Gasteiger partial charge in [-0.15, -0.1) is 0 Å². The SMILES string of the molecule is CC1(C)[C@@H]2CC[C@]1(C)C(=O)N(c1cccc(C(=O)[O-])c1)C2=O. The molecule has 5 nitrogen and oxygen atoms in total. The largest absolute Gasteiger partial charge is 0.545 e. The lowest BCUT2D eigenvalue weighted by Gasteiger charge is -2.47. The number of nitrogens with zero attached hydrogens (tertiary/aromatic N) is 1. The lowest BCUT2D eigenvalue weighted by molar-refractivity contribution is -0.255. The third-order valence-corrected chi connectivity index (χ3v) is 5.76. The third-order valence-electron chi connectivity index (χ3n) is 5.76. The predicted molar refractivity (Wildman–Crippen MR) is 77.9 cm³/mol. The highest BCUT2D eigenvalue weighted by Gasteiger charge is 2.64. The summed E-state index contributed by atoms with van der Waals surface area (Å²) in [6.07, 6.45) is 1.36. The van der Waals surface area contributed by atoms with Gasteiger partial charge in [0.15, 0.2) is 0 Å². The molecule has 22 heavy (non-hydrogen) atoms. The van der Waals surface area contributed by atoms with Crippen LogP contribution in [-0.2, 0) is 9.59 Å². The van der Waals surface area contributed by atoms with E-state index in [1.165, 1.54) is 18.2 Å². The summed E-state index contributed by atoms with van der Waals surface area (Å²) in [5.41, 5.74) is -0.724. The lowest BCUT2D eigenvalue weighted by Crippen LogP contribution is -2.59. The molecule has 1 saturated carbocycles. The zero-order valence-corrected chi connectivity index (χ0v) is 12.9. The second-order valence-corrected chi connectivity index (χ2v) is 6.96. The van der Waals surface area contributed by atoms with Gasteiger partial charge in [0.05, 0.1) is 17.1 Å². The minimum atomic E-state index is -1.33. The first-order valence-electron chi connectivity index (χ1n) is 7.40. The highest BCUT2D eigenvalue weighted by Crippen LogP contribution is 2.60. The maximum Gasteiger partial charge on any atom is 0.240 e. The van der Waals surface area contributed by atoms with Gasteiger partial charge in [0.1, 0.15) is 0 Å². The number of aromatic carboxylic acids is 1. The van der Waals surface area contributed by atoms with Crippen LogP contribution in [0.25, 0.3) is 0 Å². The summed E-state index contributed by atoms with van der Waals surface area (Å²) >= 11 is 0. The maximum atomic E-state index is 13.0. The Bertz CT molecular complexity index is 694. The Morgan fingerprint density at radius 1 is 1.27 bits per heavy atom. The van der Waals surface area contributed by atoms with Gasteiger partial charge in [-0.05, 0) is 36.0 Å². The number of hydrogen-bond donors (Lipinski definition) is 0. The van der Waals surface area contributed by atoms with Gasteiger partial charge in [-0.1, -0.05) is 32.9 Å². The van der Waals surface area contributed by atoms with Crippen LogP contribution in [0.1, 0.15) is 44.0 Å². The second-order valence-electron chi connectivity index (χ2n) is 6.96. The number of fused-ring (bicyclic) bond motifs is 2. The van der Waals surface area contributed by atoms with Gasteiger partial charge in [-0.2, -0.15) is 0 Å². The van der Waals surface area contributed by atoms with E-state index >= 15 is 0 Å². The third kappa shape index (κ3) is 1.68. The van der Waals surface area contributed by atoms with Gasteiger partial charge >= 0.3 is 0 Å². The summed E-state index contributed by atoms with van der Waals surface area (Å²) in [7, 11) is 0. The molecule has 0 N–H and O–H groups in total. The highest BCUT2D eigenvalue weighted by atomic mass is 16.4. The van der Waals surface area contributed by atoms with Crippen molar-refractivity contribution in [1.82, 2.24) is 0 Å². The van der Waals surface area contributed by atoms with E-state index in [1.807, 2.05) is 20.8 Å². The molecule has 2 amide bonds. The zero-order chi connectivity index (χ0) is 16.3. The number of carboxylic acid groups (broad SMARTS) is 1. The van der Waals surface area contributed by atoms with Gasteiger partial charge in [0, 0.05) is 5.92 Å². The Morgan fingerprint density at radius 2 is 1.95 bits per heavy atom. The molecule has 3 rings (SSSR count). The molecular formula is C17H18NO4-. The number of rotatable bonds is 2. The summed E-state index contributed by atoms with van der Waals surface area (Å²) in [6, 6.07) is 5.82. The van der Waals surface area contributed by atoms with Gasteiger partial charge in [-0.25, -0.2) is 4.90 Å². The zero-order valence-electron chi connectivity index (χ0n) is 12.9. The molecule has 1 aromatic rings. The number of carbonyl (C=O) groups excluding carboxylic acids is 3. The normalized spacial score (nSPS) is 29.8. The number of piperidine rings is 1. The minimum absolute atomic E-state index is 0.0413. The topological polar surface area (TPSA) is 77.5 Å². The average molecular weight is 300 g/mol. The van der Waals surface area contributed by atoms with Crippen LogP contribution >= 0.6 is 0 Å². The van der Waals surface area contributed by atoms with Crippen molar-refractivity contribution in [1.29, 1.82) is 0 Å². The highest BCUT2D eigenvalue weighted by molar-refractivity contribution is 6.20. The number of carbonyl (C=O) groups is 3. The van der Waals surface area contributed by atoms with Crippen molar-refractivity contribution >= 4 is 23.5 Å². The molecule has 2 aliphatic rings.